The van der Waals surface area contributed by atoms with E-state index in [-0.39, 0.29) is 11.9 Å². The Morgan fingerprint density at radius 1 is 1.18 bits per heavy atom. The zero-order valence-corrected chi connectivity index (χ0v) is 20.9. The maximum Gasteiger partial charge on any atom is 0.266 e. The zero-order valence-electron chi connectivity index (χ0n) is 19.2. The van der Waals surface area contributed by atoms with Crippen molar-refractivity contribution in [3.8, 4) is 22.7 Å². The molecule has 1 aliphatic rings. The lowest BCUT2D eigenvalue weighted by atomic mass is 10.0. The normalized spacial score (nSPS) is 16.0. The standard InChI is InChI=1S/C26H27N3O2S2/c1-5-18(4)29-25(30)23(33-26(29)32)15-20-16-28(21-10-8-7-9-11-21)27-24(20)19-12-13-22(31-6-2)17(3)14-19/h7-16,18H,5-6H2,1-4H3/b23-15-. The second-order valence-corrected chi connectivity index (χ2v) is 9.61. The number of amides is 1. The number of aryl methyl sites for hydroxylation is 1. The average molecular weight is 478 g/mol. The van der Waals surface area contributed by atoms with Gasteiger partial charge in [0.15, 0.2) is 0 Å². The Hall–Kier alpha value is -2.90. The molecule has 1 atom stereocenters. The number of carbonyl (C=O) groups is 1. The van der Waals surface area contributed by atoms with Crippen LogP contribution < -0.4 is 4.74 Å². The monoisotopic (exact) mass is 477 g/mol. The Labute approximate surface area is 204 Å². The van der Waals surface area contributed by atoms with Crippen molar-refractivity contribution in [3.63, 3.8) is 0 Å². The highest BCUT2D eigenvalue weighted by Crippen LogP contribution is 2.37. The van der Waals surface area contributed by atoms with Crippen LogP contribution in [0.3, 0.4) is 0 Å². The molecule has 170 valence electrons. The molecule has 0 aliphatic carbocycles. The van der Waals surface area contributed by atoms with Crippen molar-refractivity contribution in [2.75, 3.05) is 6.61 Å². The zero-order chi connectivity index (χ0) is 23.5. The molecule has 1 saturated heterocycles. The van der Waals surface area contributed by atoms with Crippen molar-refractivity contribution in [2.24, 2.45) is 0 Å². The third-order valence-electron chi connectivity index (χ3n) is 5.65. The smallest absolute Gasteiger partial charge is 0.266 e. The lowest BCUT2D eigenvalue weighted by Crippen LogP contribution is -2.36. The van der Waals surface area contributed by atoms with Crippen molar-refractivity contribution in [3.05, 3.63) is 70.8 Å². The van der Waals surface area contributed by atoms with E-state index in [0.717, 1.165) is 40.2 Å². The van der Waals surface area contributed by atoms with Crippen LogP contribution in [0.4, 0.5) is 0 Å². The van der Waals surface area contributed by atoms with Gasteiger partial charge in [0.05, 0.1) is 17.2 Å². The highest BCUT2D eigenvalue weighted by molar-refractivity contribution is 8.26. The number of rotatable bonds is 7. The number of thioether (sulfide) groups is 1. The van der Waals surface area contributed by atoms with Crippen LogP contribution in [-0.4, -0.2) is 37.6 Å². The molecule has 7 heteroatoms. The van der Waals surface area contributed by atoms with Crippen molar-refractivity contribution in [1.82, 2.24) is 14.7 Å². The second kappa shape index (κ2) is 9.93. The van der Waals surface area contributed by atoms with Gasteiger partial charge in [-0.05, 0) is 69.2 Å². The van der Waals surface area contributed by atoms with Gasteiger partial charge in [-0.3, -0.25) is 9.69 Å². The van der Waals surface area contributed by atoms with Crippen LogP contribution in [0.1, 0.15) is 38.3 Å². The minimum Gasteiger partial charge on any atom is -0.494 e. The molecular formula is C26H27N3O2S2. The predicted molar refractivity (Wildman–Crippen MR) is 140 cm³/mol. The van der Waals surface area contributed by atoms with E-state index in [9.17, 15) is 4.79 Å². The summed E-state index contributed by atoms with van der Waals surface area (Å²) in [4.78, 5) is 15.5. The molecule has 5 nitrogen and oxygen atoms in total. The number of hydrogen-bond acceptors (Lipinski definition) is 5. The molecule has 1 aliphatic heterocycles. The summed E-state index contributed by atoms with van der Waals surface area (Å²) < 4.78 is 8.16. The number of aromatic nitrogens is 2. The molecule has 3 aromatic rings. The van der Waals surface area contributed by atoms with Gasteiger partial charge < -0.3 is 4.74 Å². The molecule has 4 rings (SSSR count). The van der Waals surface area contributed by atoms with Gasteiger partial charge in [0, 0.05) is 23.4 Å². The van der Waals surface area contributed by atoms with E-state index < -0.39 is 0 Å². The highest BCUT2D eigenvalue weighted by Gasteiger charge is 2.35. The summed E-state index contributed by atoms with van der Waals surface area (Å²) in [5.74, 6) is 0.820. The number of benzene rings is 2. The van der Waals surface area contributed by atoms with Crippen molar-refractivity contribution in [2.45, 2.75) is 40.2 Å². The van der Waals surface area contributed by atoms with E-state index in [1.54, 1.807) is 4.90 Å². The highest BCUT2D eigenvalue weighted by atomic mass is 32.2. The number of hydrogen-bond donors (Lipinski definition) is 0. The van der Waals surface area contributed by atoms with Crippen LogP contribution in [-0.2, 0) is 4.79 Å². The summed E-state index contributed by atoms with van der Waals surface area (Å²) >= 11 is 6.86. The maximum absolute atomic E-state index is 13.1. The second-order valence-electron chi connectivity index (χ2n) is 7.94. The number of para-hydroxylation sites is 1. The molecule has 33 heavy (non-hydrogen) atoms. The average Bonchev–Trinajstić information content (AvgIpc) is 3.36. The van der Waals surface area contributed by atoms with Crippen molar-refractivity contribution >= 4 is 40.3 Å². The Morgan fingerprint density at radius 2 is 1.94 bits per heavy atom. The van der Waals surface area contributed by atoms with Crippen molar-refractivity contribution < 1.29 is 9.53 Å². The Bertz CT molecular complexity index is 1220. The lowest BCUT2D eigenvalue weighted by molar-refractivity contribution is -0.123. The van der Waals surface area contributed by atoms with Gasteiger partial charge >= 0.3 is 0 Å². The third kappa shape index (κ3) is 4.75. The molecule has 1 aromatic heterocycles. The molecule has 1 unspecified atom stereocenters. The van der Waals surface area contributed by atoms with Gasteiger partial charge in [-0.2, -0.15) is 5.10 Å². The van der Waals surface area contributed by atoms with Crippen LogP contribution >= 0.6 is 24.0 Å². The number of carbonyl (C=O) groups excluding carboxylic acids is 1. The summed E-state index contributed by atoms with van der Waals surface area (Å²) in [6.07, 6.45) is 4.73. The van der Waals surface area contributed by atoms with Crippen molar-refractivity contribution in [1.29, 1.82) is 0 Å². The van der Waals surface area contributed by atoms with Gasteiger partial charge in [-0.15, -0.1) is 0 Å². The summed E-state index contributed by atoms with van der Waals surface area (Å²) in [6, 6.07) is 16.1. The summed E-state index contributed by atoms with van der Waals surface area (Å²) in [5, 5.41) is 4.89. The molecule has 0 N–H and O–H groups in total. The first-order valence-corrected chi connectivity index (χ1v) is 12.3. The van der Waals surface area contributed by atoms with E-state index in [1.807, 2.05) is 80.2 Å². The minimum atomic E-state index is -0.0411. The Balaban J connectivity index is 1.80. The van der Waals surface area contributed by atoms with Gasteiger partial charge in [0.1, 0.15) is 15.8 Å². The molecular weight excluding hydrogens is 450 g/mol. The largest absolute Gasteiger partial charge is 0.494 e. The van der Waals surface area contributed by atoms with E-state index in [1.165, 1.54) is 11.8 Å². The molecule has 2 heterocycles. The van der Waals surface area contributed by atoms with E-state index in [2.05, 4.69) is 13.0 Å². The fourth-order valence-electron chi connectivity index (χ4n) is 3.73. The van der Waals surface area contributed by atoms with Crippen LogP contribution in [0.25, 0.3) is 23.0 Å². The van der Waals surface area contributed by atoms with Gasteiger partial charge in [0.25, 0.3) is 5.91 Å². The molecule has 1 fully saturated rings. The van der Waals surface area contributed by atoms with Crippen LogP contribution in [0.5, 0.6) is 5.75 Å². The van der Waals surface area contributed by atoms with Crippen LogP contribution in [0.15, 0.2) is 59.6 Å². The van der Waals surface area contributed by atoms with Gasteiger partial charge in [0.2, 0.25) is 0 Å². The predicted octanol–water partition coefficient (Wildman–Crippen LogP) is 6.25. The summed E-state index contributed by atoms with van der Waals surface area (Å²) in [5.41, 5.74) is 4.63. The minimum absolute atomic E-state index is 0.0411. The van der Waals surface area contributed by atoms with Gasteiger partial charge in [-0.1, -0.05) is 49.1 Å². The molecule has 0 spiro atoms. The molecule has 0 bridgehead atoms. The first-order chi connectivity index (χ1) is 15.9. The number of nitrogens with zero attached hydrogens (tertiary/aromatic N) is 3. The fourth-order valence-corrected chi connectivity index (χ4v) is 5.18. The summed E-state index contributed by atoms with van der Waals surface area (Å²) in [7, 11) is 0. The fraction of sp³-hybridized carbons (Fsp3) is 0.269. The number of thiocarbonyl (C=S) groups is 1. The third-order valence-corrected chi connectivity index (χ3v) is 6.98. The first kappa shape index (κ1) is 23.3. The van der Waals surface area contributed by atoms with Gasteiger partial charge in [-0.25, -0.2) is 4.68 Å². The Morgan fingerprint density at radius 3 is 2.61 bits per heavy atom. The number of ether oxygens (including phenoxy) is 1. The van der Waals surface area contributed by atoms with E-state index >= 15 is 0 Å². The molecule has 1 amide bonds. The van der Waals surface area contributed by atoms with E-state index in [0.29, 0.717) is 15.8 Å². The van der Waals surface area contributed by atoms with Crippen LogP contribution in [0.2, 0.25) is 0 Å². The SMILES string of the molecule is CCOc1ccc(-c2nn(-c3ccccc3)cc2/C=C2\SC(=S)N(C(C)CC)C2=O)cc1C. The van der Waals surface area contributed by atoms with Crippen LogP contribution in [0, 0.1) is 6.92 Å². The molecule has 0 radical (unpaired) electrons. The Kier molecular flexibility index (Phi) is 7.00. The first-order valence-electron chi connectivity index (χ1n) is 11.1. The molecule has 0 saturated carbocycles. The molecule has 2 aromatic carbocycles. The topological polar surface area (TPSA) is 47.4 Å². The quantitative estimate of drug-likeness (QED) is 0.297. The van der Waals surface area contributed by atoms with E-state index in [4.69, 9.17) is 22.1 Å². The maximum atomic E-state index is 13.1. The lowest BCUT2D eigenvalue weighted by Gasteiger charge is -2.21. The summed E-state index contributed by atoms with van der Waals surface area (Å²) in [6.45, 7) is 8.70.